The van der Waals surface area contributed by atoms with Gasteiger partial charge in [-0.25, -0.2) is 8.42 Å². The second-order valence-corrected chi connectivity index (χ2v) is 7.67. The third kappa shape index (κ3) is 4.09. The maximum absolute atomic E-state index is 11.4. The van der Waals surface area contributed by atoms with Gasteiger partial charge >= 0.3 is 0 Å². The van der Waals surface area contributed by atoms with Gasteiger partial charge in [-0.15, -0.1) is 11.8 Å². The Morgan fingerprint density at radius 2 is 1.76 bits per heavy atom. The van der Waals surface area contributed by atoms with Crippen LogP contribution in [0.15, 0.2) is 58.3 Å². The fourth-order valence-corrected chi connectivity index (χ4v) is 3.39. The standard InChI is InChI=1S/C15H16N2O2S2/c1-21(18,19)13-8-6-12(7-9-13)20-10-11-4-2-3-5-14(11)15(16)17/h2-9H,10H2,1H3,(H3,16,17). The summed E-state index contributed by atoms with van der Waals surface area (Å²) in [5, 5.41) is 7.56. The van der Waals surface area contributed by atoms with Crippen LogP contribution in [0.5, 0.6) is 0 Å². The minimum absolute atomic E-state index is 0.0543. The number of nitrogen functional groups attached to an aromatic ring is 1. The number of thioether (sulfide) groups is 1. The molecular weight excluding hydrogens is 304 g/mol. The summed E-state index contributed by atoms with van der Waals surface area (Å²) >= 11 is 1.58. The molecule has 2 aromatic rings. The molecule has 4 nitrogen and oxygen atoms in total. The van der Waals surface area contributed by atoms with Crippen LogP contribution >= 0.6 is 11.8 Å². The van der Waals surface area contributed by atoms with Crippen LogP contribution in [0.3, 0.4) is 0 Å². The Labute approximate surface area is 128 Å². The molecule has 0 radical (unpaired) electrons. The van der Waals surface area contributed by atoms with Crippen LogP contribution < -0.4 is 5.73 Å². The molecule has 0 fully saturated rings. The van der Waals surface area contributed by atoms with Crippen LogP contribution in [-0.4, -0.2) is 20.5 Å². The average molecular weight is 320 g/mol. The van der Waals surface area contributed by atoms with E-state index < -0.39 is 9.84 Å². The number of rotatable bonds is 5. The monoisotopic (exact) mass is 320 g/mol. The molecular formula is C15H16N2O2S2. The van der Waals surface area contributed by atoms with E-state index in [-0.39, 0.29) is 5.84 Å². The lowest BCUT2D eigenvalue weighted by Gasteiger charge is -2.08. The van der Waals surface area contributed by atoms with E-state index in [1.807, 2.05) is 24.3 Å². The van der Waals surface area contributed by atoms with E-state index in [0.717, 1.165) is 16.0 Å². The van der Waals surface area contributed by atoms with E-state index in [2.05, 4.69) is 0 Å². The van der Waals surface area contributed by atoms with Crippen molar-refractivity contribution in [2.45, 2.75) is 15.5 Å². The van der Waals surface area contributed by atoms with E-state index >= 15 is 0 Å². The number of hydrogen-bond donors (Lipinski definition) is 2. The van der Waals surface area contributed by atoms with Crippen LogP contribution in [0, 0.1) is 5.41 Å². The van der Waals surface area contributed by atoms with Gasteiger partial charge in [-0.3, -0.25) is 5.41 Å². The van der Waals surface area contributed by atoms with Crippen LogP contribution in [0.2, 0.25) is 0 Å². The lowest BCUT2D eigenvalue weighted by molar-refractivity contribution is 0.602. The summed E-state index contributed by atoms with van der Waals surface area (Å²) in [6.45, 7) is 0. The van der Waals surface area contributed by atoms with Crippen LogP contribution in [0.4, 0.5) is 0 Å². The van der Waals surface area contributed by atoms with Crippen LogP contribution in [0.1, 0.15) is 11.1 Å². The molecule has 3 N–H and O–H groups in total. The molecule has 6 heteroatoms. The lowest BCUT2D eigenvalue weighted by Crippen LogP contribution is -2.13. The molecule has 0 aliphatic rings. The molecule has 21 heavy (non-hydrogen) atoms. The predicted molar refractivity (Wildman–Crippen MR) is 86.6 cm³/mol. The topological polar surface area (TPSA) is 84.0 Å². The van der Waals surface area contributed by atoms with Gasteiger partial charge in [-0.05, 0) is 29.8 Å². The summed E-state index contributed by atoms with van der Waals surface area (Å²) in [5.74, 6) is 0.729. The second-order valence-electron chi connectivity index (χ2n) is 4.60. The van der Waals surface area contributed by atoms with Crippen molar-refractivity contribution < 1.29 is 8.42 Å². The minimum atomic E-state index is -3.16. The third-order valence-corrected chi connectivity index (χ3v) is 5.14. The van der Waals surface area contributed by atoms with Crippen molar-refractivity contribution in [3.63, 3.8) is 0 Å². The van der Waals surface area contributed by atoms with Crippen molar-refractivity contribution in [2.24, 2.45) is 5.73 Å². The number of amidine groups is 1. The Hall–Kier alpha value is -1.79. The molecule has 0 atom stereocenters. The number of sulfone groups is 1. The van der Waals surface area contributed by atoms with Gasteiger partial charge in [0.1, 0.15) is 5.84 Å². The molecule has 0 saturated heterocycles. The summed E-state index contributed by atoms with van der Waals surface area (Å²) in [4.78, 5) is 1.29. The number of nitrogens with one attached hydrogen (secondary N) is 1. The van der Waals surface area contributed by atoms with Crippen molar-refractivity contribution in [1.82, 2.24) is 0 Å². The third-order valence-electron chi connectivity index (χ3n) is 2.95. The highest BCUT2D eigenvalue weighted by atomic mass is 32.2. The quantitative estimate of drug-likeness (QED) is 0.504. The van der Waals surface area contributed by atoms with Gasteiger partial charge in [0.15, 0.2) is 9.84 Å². The maximum Gasteiger partial charge on any atom is 0.175 e. The summed E-state index contributed by atoms with van der Waals surface area (Å²) in [7, 11) is -3.16. The summed E-state index contributed by atoms with van der Waals surface area (Å²) in [6.07, 6.45) is 1.19. The maximum atomic E-state index is 11.4. The van der Waals surface area contributed by atoms with Gasteiger partial charge in [0.05, 0.1) is 4.90 Å². The molecule has 0 bridgehead atoms. The first-order valence-electron chi connectivity index (χ1n) is 6.23. The van der Waals surface area contributed by atoms with E-state index in [0.29, 0.717) is 10.6 Å². The Bertz CT molecular complexity index is 753. The van der Waals surface area contributed by atoms with Gasteiger partial charge in [0, 0.05) is 22.5 Å². The van der Waals surface area contributed by atoms with Crippen LogP contribution in [-0.2, 0) is 15.6 Å². The molecule has 0 saturated carbocycles. The largest absolute Gasteiger partial charge is 0.384 e. The molecule has 0 aliphatic heterocycles. The van der Waals surface area contributed by atoms with Gasteiger partial charge in [0.2, 0.25) is 0 Å². The summed E-state index contributed by atoms with van der Waals surface area (Å²) in [5.41, 5.74) is 7.28. The second kappa shape index (κ2) is 6.32. The normalized spacial score (nSPS) is 11.3. The van der Waals surface area contributed by atoms with E-state index in [1.54, 1.807) is 36.0 Å². The van der Waals surface area contributed by atoms with Crippen molar-refractivity contribution in [3.05, 3.63) is 59.7 Å². The molecule has 2 rings (SSSR count). The van der Waals surface area contributed by atoms with Crippen molar-refractivity contribution in [1.29, 1.82) is 5.41 Å². The Balaban J connectivity index is 2.12. The van der Waals surface area contributed by atoms with Crippen molar-refractivity contribution in [2.75, 3.05) is 6.26 Å². The molecule has 0 aromatic heterocycles. The predicted octanol–water partition coefficient (Wildman–Crippen LogP) is 2.67. The van der Waals surface area contributed by atoms with Crippen molar-refractivity contribution in [3.8, 4) is 0 Å². The molecule has 2 aromatic carbocycles. The smallest absolute Gasteiger partial charge is 0.175 e. The van der Waals surface area contributed by atoms with E-state index in [4.69, 9.17) is 11.1 Å². The zero-order valence-electron chi connectivity index (χ0n) is 11.5. The molecule has 0 heterocycles. The van der Waals surface area contributed by atoms with Crippen molar-refractivity contribution >= 4 is 27.4 Å². The van der Waals surface area contributed by atoms with E-state index in [9.17, 15) is 8.42 Å². The zero-order chi connectivity index (χ0) is 15.5. The van der Waals surface area contributed by atoms with E-state index in [1.165, 1.54) is 6.26 Å². The summed E-state index contributed by atoms with van der Waals surface area (Å²) < 4.78 is 22.8. The highest BCUT2D eigenvalue weighted by Crippen LogP contribution is 2.25. The Morgan fingerprint density at radius 3 is 2.33 bits per heavy atom. The Morgan fingerprint density at radius 1 is 1.14 bits per heavy atom. The highest BCUT2D eigenvalue weighted by molar-refractivity contribution is 7.98. The molecule has 0 unspecified atom stereocenters. The first-order valence-corrected chi connectivity index (χ1v) is 9.11. The van der Waals surface area contributed by atoms with Gasteiger partial charge in [-0.1, -0.05) is 24.3 Å². The fourth-order valence-electron chi connectivity index (χ4n) is 1.85. The minimum Gasteiger partial charge on any atom is -0.384 e. The molecule has 0 spiro atoms. The van der Waals surface area contributed by atoms with Crippen LogP contribution in [0.25, 0.3) is 0 Å². The molecule has 0 amide bonds. The van der Waals surface area contributed by atoms with Gasteiger partial charge in [-0.2, -0.15) is 0 Å². The first-order chi connectivity index (χ1) is 9.88. The fraction of sp³-hybridized carbons (Fsp3) is 0.133. The Kier molecular flexibility index (Phi) is 4.69. The lowest BCUT2D eigenvalue weighted by atomic mass is 10.1. The highest BCUT2D eigenvalue weighted by Gasteiger charge is 2.08. The summed E-state index contributed by atoms with van der Waals surface area (Å²) in [6, 6.07) is 14.3. The molecule has 110 valence electrons. The average Bonchev–Trinajstić information content (AvgIpc) is 2.45. The first kappa shape index (κ1) is 15.6. The van der Waals surface area contributed by atoms with Gasteiger partial charge < -0.3 is 5.73 Å². The number of nitrogens with two attached hydrogens (primary N) is 1. The SMILES string of the molecule is CS(=O)(=O)c1ccc(SCc2ccccc2C(=N)N)cc1. The zero-order valence-corrected chi connectivity index (χ0v) is 13.2. The molecule has 0 aliphatic carbocycles. The number of benzene rings is 2. The number of hydrogen-bond acceptors (Lipinski definition) is 4. The van der Waals surface area contributed by atoms with Gasteiger partial charge in [0.25, 0.3) is 0 Å².